The number of aromatic nitrogens is 5. The number of pyridine rings is 1. The number of rotatable bonds is 10. The van der Waals surface area contributed by atoms with Crippen molar-refractivity contribution in [3.63, 3.8) is 0 Å². The number of carbonyl (C=O) groups is 1. The zero-order chi connectivity index (χ0) is 27.2. The molecule has 198 valence electrons. The summed E-state index contributed by atoms with van der Waals surface area (Å²) in [7, 11) is -2.18. The number of hydrogen-bond donors (Lipinski definition) is 2. The second-order valence-corrected chi connectivity index (χ2v) is 11.4. The van der Waals surface area contributed by atoms with E-state index < -0.39 is 10.0 Å². The number of carbonyl (C=O) groups excluding carboxylic acids is 1. The summed E-state index contributed by atoms with van der Waals surface area (Å²) in [5.41, 5.74) is 1.88. The lowest BCUT2D eigenvalue weighted by Crippen LogP contribution is -2.15. The number of nitrogens with one attached hydrogen (secondary N) is 2. The normalized spacial score (nSPS) is 11.2. The molecule has 2 N–H and O–H groups in total. The van der Waals surface area contributed by atoms with Crippen molar-refractivity contribution in [1.29, 1.82) is 0 Å². The van der Waals surface area contributed by atoms with Crippen LogP contribution in [-0.4, -0.2) is 51.9 Å². The van der Waals surface area contributed by atoms with E-state index in [0.29, 0.717) is 28.1 Å². The number of nitrogens with zero attached hydrogens (tertiary/aromatic N) is 5. The molecule has 0 atom stereocenters. The Morgan fingerprint density at radius 3 is 2.46 bits per heavy atom. The zero-order valence-corrected chi connectivity index (χ0v) is 22.8. The largest absolute Gasteiger partial charge is 0.497 e. The molecular weight excluding hydrogens is 559 g/mol. The van der Waals surface area contributed by atoms with Crippen LogP contribution in [0.4, 0.5) is 10.8 Å². The van der Waals surface area contributed by atoms with Crippen LogP contribution in [0.25, 0.3) is 17.2 Å². The average molecular weight is 580 g/mol. The third kappa shape index (κ3) is 6.25. The molecule has 2 aromatic carbocycles. The highest BCUT2D eigenvalue weighted by Gasteiger charge is 2.19. The van der Waals surface area contributed by atoms with Crippen LogP contribution in [0.5, 0.6) is 5.75 Å². The van der Waals surface area contributed by atoms with E-state index >= 15 is 0 Å². The molecule has 39 heavy (non-hydrogen) atoms. The quantitative estimate of drug-likeness (QED) is 0.231. The fourth-order valence-corrected chi connectivity index (χ4v) is 6.02. The Balaban J connectivity index is 1.29. The van der Waals surface area contributed by atoms with Crippen LogP contribution >= 0.6 is 23.1 Å². The van der Waals surface area contributed by atoms with Gasteiger partial charge in [-0.05, 0) is 60.7 Å². The average Bonchev–Trinajstić information content (AvgIpc) is 3.62. The lowest BCUT2D eigenvalue weighted by Gasteiger charge is -2.11. The van der Waals surface area contributed by atoms with Crippen molar-refractivity contribution in [2.45, 2.75) is 10.1 Å². The highest BCUT2D eigenvalue weighted by atomic mass is 32.2. The number of hydrogen-bond acceptors (Lipinski definition) is 10. The molecule has 0 radical (unpaired) electrons. The summed E-state index contributed by atoms with van der Waals surface area (Å²) in [5, 5.41) is 13.9. The number of methoxy groups -OCH3 is 1. The second-order valence-electron chi connectivity index (χ2n) is 7.86. The van der Waals surface area contributed by atoms with Gasteiger partial charge in [-0.2, -0.15) is 0 Å². The van der Waals surface area contributed by atoms with E-state index in [-0.39, 0.29) is 21.7 Å². The third-order valence-electron chi connectivity index (χ3n) is 5.29. The van der Waals surface area contributed by atoms with Crippen LogP contribution in [0.3, 0.4) is 0 Å². The number of anilines is 2. The van der Waals surface area contributed by atoms with Gasteiger partial charge in [0.05, 0.1) is 23.4 Å². The van der Waals surface area contributed by atoms with Crippen LogP contribution < -0.4 is 14.8 Å². The zero-order valence-electron chi connectivity index (χ0n) is 20.4. The number of ether oxygens (including phenoxy) is 1. The molecule has 0 saturated heterocycles. The Morgan fingerprint density at radius 2 is 1.79 bits per heavy atom. The van der Waals surface area contributed by atoms with Gasteiger partial charge >= 0.3 is 0 Å². The third-order valence-corrected chi connectivity index (χ3v) is 8.39. The highest BCUT2D eigenvalue weighted by Crippen LogP contribution is 2.28. The molecule has 0 saturated carbocycles. The van der Waals surface area contributed by atoms with Gasteiger partial charge in [0.15, 0.2) is 16.1 Å². The number of thioether (sulfide) groups is 1. The number of amides is 1. The molecule has 11 nitrogen and oxygen atoms in total. The van der Waals surface area contributed by atoms with Crippen molar-refractivity contribution in [2.75, 3.05) is 22.9 Å². The molecule has 0 aliphatic heterocycles. The Bertz CT molecular complexity index is 1660. The van der Waals surface area contributed by atoms with E-state index in [1.54, 1.807) is 18.7 Å². The Hall–Kier alpha value is -4.27. The predicted molar refractivity (Wildman–Crippen MR) is 150 cm³/mol. The van der Waals surface area contributed by atoms with Crippen LogP contribution in [0.15, 0.2) is 94.6 Å². The van der Waals surface area contributed by atoms with Crippen LogP contribution in [0.1, 0.15) is 0 Å². The van der Waals surface area contributed by atoms with Crippen molar-refractivity contribution in [3.8, 4) is 23.0 Å². The lowest BCUT2D eigenvalue weighted by atomic mass is 10.3. The molecule has 0 aliphatic rings. The smallest absolute Gasteiger partial charge is 0.263 e. The Labute approximate surface area is 232 Å². The molecule has 3 aromatic heterocycles. The first kappa shape index (κ1) is 26.3. The molecule has 0 unspecified atom stereocenters. The van der Waals surface area contributed by atoms with Gasteiger partial charge in [0.2, 0.25) is 5.91 Å². The fraction of sp³-hybridized carbons (Fsp3) is 0.0800. The molecule has 14 heteroatoms. The summed E-state index contributed by atoms with van der Waals surface area (Å²) in [6, 6.07) is 18.8. The summed E-state index contributed by atoms with van der Waals surface area (Å²) >= 11 is 2.39. The van der Waals surface area contributed by atoms with Gasteiger partial charge < -0.3 is 10.1 Å². The number of benzene rings is 2. The molecule has 5 rings (SSSR count). The maximum atomic E-state index is 12.7. The Kier molecular flexibility index (Phi) is 7.86. The van der Waals surface area contributed by atoms with E-state index in [1.807, 2.05) is 47.0 Å². The molecular formula is C25H21N7O4S3. The predicted octanol–water partition coefficient (Wildman–Crippen LogP) is 4.33. The molecule has 0 bridgehead atoms. The summed E-state index contributed by atoms with van der Waals surface area (Å²) in [6.07, 6.45) is 3.19. The topological polar surface area (TPSA) is 141 Å². The first-order chi connectivity index (χ1) is 18.9. The summed E-state index contributed by atoms with van der Waals surface area (Å²) < 4.78 is 34.5. The van der Waals surface area contributed by atoms with Crippen molar-refractivity contribution in [1.82, 2.24) is 24.7 Å². The molecule has 0 spiro atoms. The van der Waals surface area contributed by atoms with E-state index in [1.165, 1.54) is 53.6 Å². The Morgan fingerprint density at radius 1 is 1.00 bits per heavy atom. The van der Waals surface area contributed by atoms with Crippen LogP contribution in [-0.2, 0) is 14.8 Å². The van der Waals surface area contributed by atoms with Gasteiger partial charge in [-0.25, -0.2) is 13.4 Å². The van der Waals surface area contributed by atoms with Crippen molar-refractivity contribution >= 4 is 49.8 Å². The van der Waals surface area contributed by atoms with Gasteiger partial charge in [-0.1, -0.05) is 17.8 Å². The van der Waals surface area contributed by atoms with E-state index in [4.69, 9.17) is 4.74 Å². The standard InChI is InChI=1S/C25H21N7O4S3/c1-36-19-9-7-18(8-10-19)32-23(21-4-2-3-13-26-21)29-30-25(32)38-16-22(33)28-17-5-11-20(12-6-17)39(34,35)31-24-27-14-15-37-24/h2-15H,16H2,1H3,(H,27,31)(H,28,33). The second kappa shape index (κ2) is 11.6. The summed E-state index contributed by atoms with van der Waals surface area (Å²) in [6.45, 7) is 0. The maximum Gasteiger partial charge on any atom is 0.263 e. The minimum absolute atomic E-state index is 0.0438. The molecule has 0 aliphatic carbocycles. The van der Waals surface area contributed by atoms with Gasteiger partial charge in [0, 0.05) is 23.5 Å². The fourth-order valence-electron chi connectivity index (χ4n) is 3.48. The maximum absolute atomic E-state index is 12.7. The first-order valence-electron chi connectivity index (χ1n) is 11.4. The van der Waals surface area contributed by atoms with E-state index in [0.717, 1.165) is 5.69 Å². The van der Waals surface area contributed by atoms with Crippen molar-refractivity contribution in [3.05, 3.63) is 84.5 Å². The molecule has 3 heterocycles. The van der Waals surface area contributed by atoms with Crippen LogP contribution in [0.2, 0.25) is 0 Å². The SMILES string of the molecule is COc1ccc(-n2c(SCC(=O)Nc3ccc(S(=O)(=O)Nc4nccs4)cc3)nnc2-c2ccccn2)cc1. The minimum atomic E-state index is -3.78. The van der Waals surface area contributed by atoms with Gasteiger partial charge in [-0.3, -0.25) is 19.1 Å². The van der Waals surface area contributed by atoms with Crippen molar-refractivity contribution in [2.24, 2.45) is 0 Å². The number of thiazole rings is 1. The first-order valence-corrected chi connectivity index (χ1v) is 14.7. The van der Waals surface area contributed by atoms with E-state index in [2.05, 4.69) is 30.2 Å². The van der Waals surface area contributed by atoms with Crippen LogP contribution in [0, 0.1) is 0 Å². The van der Waals surface area contributed by atoms with Gasteiger partial charge in [-0.15, -0.1) is 21.5 Å². The number of sulfonamides is 1. The van der Waals surface area contributed by atoms with Gasteiger partial charge in [0.1, 0.15) is 11.4 Å². The lowest BCUT2D eigenvalue weighted by molar-refractivity contribution is -0.113. The summed E-state index contributed by atoms with van der Waals surface area (Å²) in [5.74, 6) is 0.993. The van der Waals surface area contributed by atoms with E-state index in [9.17, 15) is 13.2 Å². The van der Waals surface area contributed by atoms with Gasteiger partial charge in [0.25, 0.3) is 10.0 Å². The molecule has 0 fully saturated rings. The highest BCUT2D eigenvalue weighted by molar-refractivity contribution is 7.99. The monoisotopic (exact) mass is 579 g/mol. The summed E-state index contributed by atoms with van der Waals surface area (Å²) in [4.78, 5) is 21.1. The molecule has 1 amide bonds. The molecule has 5 aromatic rings. The minimum Gasteiger partial charge on any atom is -0.497 e. The van der Waals surface area contributed by atoms with Crippen molar-refractivity contribution < 1.29 is 17.9 Å².